The van der Waals surface area contributed by atoms with Gasteiger partial charge in [-0.1, -0.05) is 6.92 Å². The summed E-state index contributed by atoms with van der Waals surface area (Å²) >= 11 is 0. The normalized spacial score (nSPS) is 12.1. The predicted molar refractivity (Wildman–Crippen MR) is 65.1 cm³/mol. The Hall–Kier alpha value is -1.92. The lowest BCUT2D eigenvalue weighted by atomic mass is 10.1. The summed E-state index contributed by atoms with van der Waals surface area (Å²) in [5, 5.41) is 8.87. The first kappa shape index (κ1) is 16.1. The summed E-state index contributed by atoms with van der Waals surface area (Å²) in [7, 11) is 0. The van der Waals surface area contributed by atoms with Gasteiger partial charge in [-0.05, 0) is 38.5 Å². The summed E-state index contributed by atoms with van der Waals surface area (Å²) in [5.74, 6) is -2.08. The highest BCUT2D eigenvalue weighted by atomic mass is 19.4. The third kappa shape index (κ3) is 4.64. The zero-order valence-corrected chi connectivity index (χ0v) is 11.2. The number of halogens is 3. The fourth-order valence-corrected chi connectivity index (χ4v) is 1.30. The van der Waals surface area contributed by atoms with Gasteiger partial charge >= 0.3 is 12.3 Å². The van der Waals surface area contributed by atoms with E-state index in [9.17, 15) is 18.0 Å². The van der Waals surface area contributed by atoms with E-state index in [1.54, 1.807) is 20.8 Å². The topological polar surface area (TPSA) is 55.8 Å². The lowest BCUT2D eigenvalue weighted by molar-refractivity contribution is -0.275. The molecule has 1 aromatic carbocycles. The number of carboxylic acid groups (broad SMARTS) is 1. The van der Waals surface area contributed by atoms with Gasteiger partial charge in [-0.25, -0.2) is 4.79 Å². The molecule has 0 radical (unpaired) electrons. The molecule has 0 amide bonds. The number of alkyl halides is 3. The molecule has 0 fully saturated rings. The molecule has 0 aliphatic carbocycles. The average molecular weight is 292 g/mol. The van der Waals surface area contributed by atoms with Crippen molar-refractivity contribution in [1.82, 2.24) is 0 Å². The van der Waals surface area contributed by atoms with Gasteiger partial charge in [0.25, 0.3) is 0 Å². The maximum atomic E-state index is 12.3. The molecular weight excluding hydrogens is 277 g/mol. The molecule has 0 atom stereocenters. The van der Waals surface area contributed by atoms with Crippen LogP contribution in [-0.2, 0) is 0 Å². The molecular formula is C13H15F3O4. The number of benzene rings is 1. The number of aromatic carboxylic acids is 1. The summed E-state index contributed by atoms with van der Waals surface area (Å²) in [5.41, 5.74) is -0.928. The summed E-state index contributed by atoms with van der Waals surface area (Å²) in [6.07, 6.45) is -4.35. The van der Waals surface area contributed by atoms with Crippen LogP contribution >= 0.6 is 0 Å². The van der Waals surface area contributed by atoms with E-state index in [-0.39, 0.29) is 11.3 Å². The molecule has 0 unspecified atom stereocenters. The van der Waals surface area contributed by atoms with Gasteiger partial charge in [0.05, 0.1) is 5.56 Å². The molecule has 0 saturated carbocycles. The van der Waals surface area contributed by atoms with E-state index >= 15 is 0 Å². The van der Waals surface area contributed by atoms with E-state index in [0.29, 0.717) is 6.42 Å². The number of hydrogen-bond acceptors (Lipinski definition) is 3. The van der Waals surface area contributed by atoms with E-state index in [1.165, 1.54) is 0 Å². The highest BCUT2D eigenvalue weighted by molar-refractivity contribution is 5.88. The van der Waals surface area contributed by atoms with E-state index in [0.717, 1.165) is 18.2 Å². The minimum absolute atomic E-state index is 0.179. The lowest BCUT2D eigenvalue weighted by Gasteiger charge is -2.26. The minimum atomic E-state index is -4.88. The quantitative estimate of drug-likeness (QED) is 0.895. The fraction of sp³-hybridized carbons (Fsp3) is 0.462. The molecule has 0 aliphatic rings. The number of carboxylic acids is 1. The molecule has 7 heteroatoms. The van der Waals surface area contributed by atoms with E-state index in [2.05, 4.69) is 4.74 Å². The number of hydrogen-bond donors (Lipinski definition) is 1. The van der Waals surface area contributed by atoms with Gasteiger partial charge in [-0.15, -0.1) is 13.2 Å². The van der Waals surface area contributed by atoms with Crippen LogP contribution in [0.5, 0.6) is 11.5 Å². The molecule has 112 valence electrons. The average Bonchev–Trinajstić information content (AvgIpc) is 2.29. The molecule has 1 aromatic rings. The molecule has 0 heterocycles. The highest BCUT2D eigenvalue weighted by Gasteiger charge is 2.33. The largest absolute Gasteiger partial charge is 0.573 e. The first-order valence-electron chi connectivity index (χ1n) is 5.86. The molecule has 1 rings (SSSR count). The predicted octanol–water partition coefficient (Wildman–Crippen LogP) is 3.85. The zero-order valence-electron chi connectivity index (χ0n) is 11.2. The summed E-state index contributed by atoms with van der Waals surface area (Å²) in [4.78, 5) is 10.9. The van der Waals surface area contributed by atoms with Crippen LogP contribution < -0.4 is 9.47 Å². The SMILES string of the molecule is CCC(C)(C)Oc1cc(C(=O)O)ccc1OC(F)(F)F. The third-order valence-electron chi connectivity index (χ3n) is 2.65. The molecule has 0 aromatic heterocycles. The van der Waals surface area contributed by atoms with Crippen molar-refractivity contribution in [2.45, 2.75) is 39.2 Å². The summed E-state index contributed by atoms with van der Waals surface area (Å²) in [6.45, 7) is 5.15. The van der Waals surface area contributed by atoms with Crippen LogP contribution in [0.4, 0.5) is 13.2 Å². The minimum Gasteiger partial charge on any atom is -0.484 e. The number of rotatable bonds is 5. The lowest BCUT2D eigenvalue weighted by Crippen LogP contribution is -2.28. The zero-order chi connectivity index (χ0) is 15.6. The molecule has 1 N–H and O–H groups in total. The van der Waals surface area contributed by atoms with Gasteiger partial charge in [-0.3, -0.25) is 0 Å². The Bertz CT molecular complexity index is 495. The Kier molecular flexibility index (Phi) is 4.52. The fourth-order valence-electron chi connectivity index (χ4n) is 1.30. The summed E-state index contributed by atoms with van der Waals surface area (Å²) in [6, 6.07) is 2.97. The number of carbonyl (C=O) groups is 1. The van der Waals surface area contributed by atoms with Gasteiger partial charge in [0, 0.05) is 0 Å². The van der Waals surface area contributed by atoms with Crippen molar-refractivity contribution in [3.05, 3.63) is 23.8 Å². The van der Waals surface area contributed by atoms with E-state index in [4.69, 9.17) is 9.84 Å². The first-order chi connectivity index (χ1) is 9.04. The molecule has 0 spiro atoms. The van der Waals surface area contributed by atoms with Crippen LogP contribution in [0.25, 0.3) is 0 Å². The highest BCUT2D eigenvalue weighted by Crippen LogP contribution is 2.35. The Balaban J connectivity index is 3.19. The summed E-state index contributed by atoms with van der Waals surface area (Å²) < 4.78 is 46.2. The van der Waals surface area contributed by atoms with E-state index in [1.807, 2.05) is 0 Å². The van der Waals surface area contributed by atoms with Crippen LogP contribution in [0.15, 0.2) is 18.2 Å². The van der Waals surface area contributed by atoms with Crippen molar-refractivity contribution in [1.29, 1.82) is 0 Å². The van der Waals surface area contributed by atoms with Crippen molar-refractivity contribution in [2.24, 2.45) is 0 Å². The van der Waals surface area contributed by atoms with Crippen molar-refractivity contribution < 1.29 is 32.5 Å². The smallest absolute Gasteiger partial charge is 0.484 e. The Morgan fingerprint density at radius 1 is 1.20 bits per heavy atom. The van der Waals surface area contributed by atoms with Gasteiger partial charge in [0.2, 0.25) is 0 Å². The maximum absolute atomic E-state index is 12.3. The van der Waals surface area contributed by atoms with Gasteiger partial charge in [-0.2, -0.15) is 0 Å². The van der Waals surface area contributed by atoms with Crippen LogP contribution in [-0.4, -0.2) is 23.0 Å². The Labute approximate surface area is 114 Å². The monoisotopic (exact) mass is 292 g/mol. The van der Waals surface area contributed by atoms with E-state index < -0.39 is 23.7 Å². The van der Waals surface area contributed by atoms with Crippen LogP contribution in [0.2, 0.25) is 0 Å². The van der Waals surface area contributed by atoms with Crippen molar-refractivity contribution in [3.63, 3.8) is 0 Å². The van der Waals surface area contributed by atoms with Crippen molar-refractivity contribution in [3.8, 4) is 11.5 Å². The molecule has 0 aliphatic heterocycles. The number of ether oxygens (including phenoxy) is 2. The molecule has 20 heavy (non-hydrogen) atoms. The van der Waals surface area contributed by atoms with Crippen LogP contribution in [0.3, 0.4) is 0 Å². The van der Waals surface area contributed by atoms with Crippen molar-refractivity contribution in [2.75, 3.05) is 0 Å². The maximum Gasteiger partial charge on any atom is 0.573 e. The van der Waals surface area contributed by atoms with Crippen LogP contribution in [0.1, 0.15) is 37.6 Å². The second-order valence-corrected chi connectivity index (χ2v) is 4.73. The molecule has 0 bridgehead atoms. The Morgan fingerprint density at radius 3 is 2.25 bits per heavy atom. The second kappa shape index (κ2) is 5.60. The standard InChI is InChI=1S/C13H15F3O4/c1-4-12(2,3)19-10-7-8(11(17)18)5-6-9(10)20-13(14,15)16/h5-7H,4H2,1-3H3,(H,17,18). The van der Waals surface area contributed by atoms with Gasteiger partial charge in [0.15, 0.2) is 11.5 Å². The van der Waals surface area contributed by atoms with Gasteiger partial charge in [0.1, 0.15) is 5.60 Å². The third-order valence-corrected chi connectivity index (χ3v) is 2.65. The van der Waals surface area contributed by atoms with Crippen LogP contribution in [0, 0.1) is 0 Å². The van der Waals surface area contributed by atoms with Gasteiger partial charge < -0.3 is 14.6 Å². The molecule has 0 saturated heterocycles. The Morgan fingerprint density at radius 2 is 1.80 bits per heavy atom. The first-order valence-corrected chi connectivity index (χ1v) is 5.86. The second-order valence-electron chi connectivity index (χ2n) is 4.73. The van der Waals surface area contributed by atoms with Crippen molar-refractivity contribution >= 4 is 5.97 Å². The molecule has 4 nitrogen and oxygen atoms in total.